The maximum absolute atomic E-state index is 13.0. The Bertz CT molecular complexity index is 740. The Morgan fingerprint density at radius 2 is 1.91 bits per heavy atom. The fraction of sp³-hybridized carbons (Fsp3) is 0.222. The van der Waals surface area contributed by atoms with E-state index in [-0.39, 0.29) is 18.3 Å². The summed E-state index contributed by atoms with van der Waals surface area (Å²) < 4.78 is 13.0. The van der Waals surface area contributed by atoms with Gasteiger partial charge in [-0.05, 0) is 35.7 Å². The number of anilines is 1. The second-order valence-corrected chi connectivity index (χ2v) is 5.38. The van der Waals surface area contributed by atoms with E-state index in [1.54, 1.807) is 17.0 Å². The lowest BCUT2D eigenvalue weighted by atomic mass is 10.1. The standard InChI is InChI=1S/C18H18FN3O/c1-2-14-5-3-4-6-16(14)21-18-20-11-17(23)22(18)12-13-7-9-15(19)10-8-13/h3-10H,2,11-12H2,1H3,(H,20,21). The molecule has 1 heterocycles. The van der Waals surface area contributed by atoms with Crippen LogP contribution in [0.5, 0.6) is 0 Å². The van der Waals surface area contributed by atoms with Gasteiger partial charge in [0, 0.05) is 5.69 Å². The summed E-state index contributed by atoms with van der Waals surface area (Å²) in [5.74, 6) is 0.191. The summed E-state index contributed by atoms with van der Waals surface area (Å²) in [6.45, 7) is 2.59. The molecule has 0 saturated carbocycles. The number of guanidine groups is 1. The first-order valence-electron chi connectivity index (χ1n) is 7.61. The van der Waals surface area contributed by atoms with Crippen LogP contribution in [0.15, 0.2) is 53.5 Å². The van der Waals surface area contributed by atoms with Crippen molar-refractivity contribution in [1.82, 2.24) is 4.90 Å². The van der Waals surface area contributed by atoms with Crippen LogP contribution in [0, 0.1) is 5.82 Å². The van der Waals surface area contributed by atoms with Crippen LogP contribution in [0.2, 0.25) is 0 Å². The highest BCUT2D eigenvalue weighted by Crippen LogP contribution is 2.18. The summed E-state index contributed by atoms with van der Waals surface area (Å²) in [5.41, 5.74) is 2.98. The number of rotatable bonds is 4. The largest absolute Gasteiger partial charge is 0.326 e. The zero-order valence-electron chi connectivity index (χ0n) is 12.9. The third kappa shape index (κ3) is 3.39. The van der Waals surface area contributed by atoms with Gasteiger partial charge in [-0.15, -0.1) is 0 Å². The number of aryl methyl sites for hydroxylation is 1. The first-order chi connectivity index (χ1) is 11.2. The van der Waals surface area contributed by atoms with E-state index in [0.29, 0.717) is 12.5 Å². The molecule has 1 aliphatic rings. The molecular weight excluding hydrogens is 293 g/mol. The number of para-hydroxylation sites is 1. The smallest absolute Gasteiger partial charge is 0.251 e. The van der Waals surface area contributed by atoms with E-state index in [1.165, 1.54) is 12.1 Å². The number of nitrogens with one attached hydrogen (secondary N) is 1. The van der Waals surface area contributed by atoms with Gasteiger partial charge in [-0.1, -0.05) is 37.3 Å². The number of carbonyl (C=O) groups is 1. The molecule has 1 N–H and O–H groups in total. The number of carbonyl (C=O) groups excluding carboxylic acids is 1. The van der Waals surface area contributed by atoms with Crippen LogP contribution < -0.4 is 5.32 Å². The Labute approximate surface area is 134 Å². The van der Waals surface area contributed by atoms with Crippen molar-refractivity contribution in [3.05, 3.63) is 65.5 Å². The van der Waals surface area contributed by atoms with Crippen LogP contribution in [0.1, 0.15) is 18.1 Å². The normalized spacial score (nSPS) is 14.1. The molecule has 1 aliphatic heterocycles. The summed E-state index contributed by atoms with van der Waals surface area (Å²) in [7, 11) is 0. The lowest BCUT2D eigenvalue weighted by Crippen LogP contribution is -2.36. The average Bonchev–Trinajstić information content (AvgIpc) is 2.90. The van der Waals surface area contributed by atoms with Gasteiger partial charge in [0.15, 0.2) is 0 Å². The van der Waals surface area contributed by atoms with Gasteiger partial charge in [-0.2, -0.15) is 0 Å². The molecule has 2 aromatic carbocycles. The van der Waals surface area contributed by atoms with E-state index >= 15 is 0 Å². The third-order valence-electron chi connectivity index (χ3n) is 3.82. The van der Waals surface area contributed by atoms with Crippen molar-refractivity contribution < 1.29 is 9.18 Å². The van der Waals surface area contributed by atoms with E-state index in [1.807, 2.05) is 24.3 Å². The minimum atomic E-state index is -0.287. The number of amides is 1. The highest BCUT2D eigenvalue weighted by molar-refractivity contribution is 6.09. The number of hydrogen-bond acceptors (Lipinski definition) is 3. The minimum absolute atomic E-state index is 0.0641. The Hall–Kier alpha value is -2.69. The van der Waals surface area contributed by atoms with Crippen molar-refractivity contribution in [1.29, 1.82) is 0 Å². The highest BCUT2D eigenvalue weighted by Gasteiger charge is 2.26. The van der Waals surface area contributed by atoms with E-state index in [0.717, 1.165) is 23.2 Å². The summed E-state index contributed by atoms with van der Waals surface area (Å²) in [6.07, 6.45) is 0.891. The van der Waals surface area contributed by atoms with Gasteiger partial charge in [-0.3, -0.25) is 9.69 Å². The Morgan fingerprint density at radius 3 is 2.65 bits per heavy atom. The van der Waals surface area contributed by atoms with Gasteiger partial charge < -0.3 is 5.32 Å². The van der Waals surface area contributed by atoms with Crippen LogP contribution in [0.4, 0.5) is 10.1 Å². The molecule has 0 bridgehead atoms. The minimum Gasteiger partial charge on any atom is -0.326 e. The molecule has 0 unspecified atom stereocenters. The fourth-order valence-corrected chi connectivity index (χ4v) is 2.54. The van der Waals surface area contributed by atoms with E-state index in [9.17, 15) is 9.18 Å². The van der Waals surface area contributed by atoms with Crippen molar-refractivity contribution in [2.45, 2.75) is 19.9 Å². The number of benzene rings is 2. The van der Waals surface area contributed by atoms with E-state index in [4.69, 9.17) is 0 Å². The molecule has 23 heavy (non-hydrogen) atoms. The highest BCUT2D eigenvalue weighted by atomic mass is 19.1. The quantitative estimate of drug-likeness (QED) is 0.942. The summed E-state index contributed by atoms with van der Waals surface area (Å²) in [6, 6.07) is 14.1. The fourth-order valence-electron chi connectivity index (χ4n) is 2.54. The number of aliphatic imine (C=N–C) groups is 1. The lowest BCUT2D eigenvalue weighted by molar-refractivity contribution is -0.125. The summed E-state index contributed by atoms with van der Waals surface area (Å²) in [4.78, 5) is 18.0. The van der Waals surface area contributed by atoms with Gasteiger partial charge in [0.25, 0.3) is 5.91 Å². The van der Waals surface area contributed by atoms with Crippen LogP contribution in [0.25, 0.3) is 0 Å². The Balaban J connectivity index is 1.78. The SMILES string of the molecule is CCc1ccccc1NC1=NCC(=O)N1Cc1ccc(F)cc1. The summed E-state index contributed by atoms with van der Waals surface area (Å²) in [5, 5.41) is 3.25. The molecule has 1 amide bonds. The molecule has 4 nitrogen and oxygen atoms in total. The van der Waals surface area contributed by atoms with E-state index < -0.39 is 0 Å². The number of nitrogens with zero attached hydrogens (tertiary/aromatic N) is 2. The number of hydrogen-bond donors (Lipinski definition) is 1. The van der Waals surface area contributed by atoms with Crippen LogP contribution in [-0.4, -0.2) is 23.3 Å². The predicted octanol–water partition coefficient (Wildman–Crippen LogP) is 3.20. The van der Waals surface area contributed by atoms with E-state index in [2.05, 4.69) is 17.2 Å². The molecule has 0 aliphatic carbocycles. The number of halogens is 1. The molecule has 0 aromatic heterocycles. The molecule has 2 aromatic rings. The second-order valence-electron chi connectivity index (χ2n) is 5.38. The topological polar surface area (TPSA) is 44.7 Å². The molecule has 118 valence electrons. The third-order valence-corrected chi connectivity index (χ3v) is 3.82. The predicted molar refractivity (Wildman–Crippen MR) is 88.7 cm³/mol. The zero-order valence-corrected chi connectivity index (χ0v) is 12.9. The van der Waals surface area contributed by atoms with Crippen molar-refractivity contribution in [3.8, 4) is 0 Å². The van der Waals surface area contributed by atoms with Crippen LogP contribution in [-0.2, 0) is 17.8 Å². The maximum atomic E-state index is 13.0. The Morgan fingerprint density at radius 1 is 1.17 bits per heavy atom. The molecule has 5 heteroatoms. The molecular formula is C18H18FN3O. The van der Waals surface area contributed by atoms with Crippen molar-refractivity contribution in [2.75, 3.05) is 11.9 Å². The second kappa shape index (κ2) is 6.60. The monoisotopic (exact) mass is 311 g/mol. The zero-order chi connectivity index (χ0) is 16.2. The first kappa shape index (κ1) is 15.2. The van der Waals surface area contributed by atoms with Gasteiger partial charge in [0.05, 0.1) is 6.54 Å². The average molecular weight is 311 g/mol. The molecule has 0 fully saturated rings. The molecule has 3 rings (SSSR count). The summed E-state index contributed by atoms with van der Waals surface area (Å²) >= 11 is 0. The van der Waals surface area contributed by atoms with Gasteiger partial charge in [0.2, 0.25) is 5.96 Å². The maximum Gasteiger partial charge on any atom is 0.251 e. The lowest BCUT2D eigenvalue weighted by Gasteiger charge is -2.20. The van der Waals surface area contributed by atoms with Crippen LogP contribution >= 0.6 is 0 Å². The van der Waals surface area contributed by atoms with Crippen LogP contribution in [0.3, 0.4) is 0 Å². The molecule has 0 atom stereocenters. The Kier molecular flexibility index (Phi) is 4.37. The first-order valence-corrected chi connectivity index (χ1v) is 7.61. The molecule has 0 spiro atoms. The molecule has 0 saturated heterocycles. The van der Waals surface area contributed by atoms with Gasteiger partial charge in [-0.25, -0.2) is 9.38 Å². The van der Waals surface area contributed by atoms with Crippen molar-refractivity contribution >= 4 is 17.6 Å². The van der Waals surface area contributed by atoms with Gasteiger partial charge in [0.1, 0.15) is 12.4 Å². The van der Waals surface area contributed by atoms with Crippen molar-refractivity contribution in [2.24, 2.45) is 4.99 Å². The van der Waals surface area contributed by atoms with Gasteiger partial charge >= 0.3 is 0 Å². The van der Waals surface area contributed by atoms with Crippen molar-refractivity contribution in [3.63, 3.8) is 0 Å². The molecule has 0 radical (unpaired) electrons.